The molecule has 1 saturated heterocycles. The summed E-state index contributed by atoms with van der Waals surface area (Å²) >= 11 is 0. The number of rotatable bonds is 3. The Balaban J connectivity index is 1.74. The number of phenols is 1. The standard InChI is InChI=1S/C13H14N2O4S/c16-11-3-1-2-9(6-11)7-12-14-13(15-19-12)10-4-5-20(17,18)8-10/h1-3,6,10,16H,4-5,7-8H2. The van der Waals surface area contributed by atoms with Crippen molar-refractivity contribution < 1.29 is 18.0 Å². The lowest BCUT2D eigenvalue weighted by Gasteiger charge is -1.99. The van der Waals surface area contributed by atoms with Crippen molar-refractivity contribution in [2.75, 3.05) is 11.5 Å². The first-order chi connectivity index (χ1) is 9.52. The summed E-state index contributed by atoms with van der Waals surface area (Å²) in [5, 5.41) is 13.3. The third kappa shape index (κ3) is 2.82. The second kappa shape index (κ2) is 4.90. The minimum absolute atomic E-state index is 0.0953. The fraction of sp³-hybridized carbons (Fsp3) is 0.385. The van der Waals surface area contributed by atoms with Gasteiger partial charge in [-0.25, -0.2) is 8.42 Å². The van der Waals surface area contributed by atoms with Gasteiger partial charge in [0.2, 0.25) is 5.89 Å². The van der Waals surface area contributed by atoms with Crippen LogP contribution < -0.4 is 0 Å². The summed E-state index contributed by atoms with van der Waals surface area (Å²) in [6.45, 7) is 0. The van der Waals surface area contributed by atoms with Crippen molar-refractivity contribution in [1.82, 2.24) is 10.1 Å². The van der Waals surface area contributed by atoms with E-state index in [1.165, 1.54) is 0 Å². The molecular formula is C13H14N2O4S. The molecule has 2 heterocycles. The third-order valence-corrected chi connectivity index (χ3v) is 5.12. The summed E-state index contributed by atoms with van der Waals surface area (Å²) in [6.07, 6.45) is 0.967. The number of sulfone groups is 1. The van der Waals surface area contributed by atoms with E-state index >= 15 is 0 Å². The fourth-order valence-corrected chi connectivity index (χ4v) is 4.08. The van der Waals surface area contributed by atoms with Gasteiger partial charge in [0.05, 0.1) is 17.9 Å². The highest BCUT2D eigenvalue weighted by Gasteiger charge is 2.32. The second-order valence-corrected chi connectivity index (χ2v) is 7.22. The van der Waals surface area contributed by atoms with Crippen LogP contribution in [0.4, 0.5) is 0 Å². The van der Waals surface area contributed by atoms with E-state index in [4.69, 9.17) is 4.52 Å². The van der Waals surface area contributed by atoms with Crippen LogP contribution in [0.15, 0.2) is 28.8 Å². The van der Waals surface area contributed by atoms with Gasteiger partial charge in [0.25, 0.3) is 0 Å². The molecule has 0 aliphatic carbocycles. The van der Waals surface area contributed by atoms with Gasteiger partial charge in [0.1, 0.15) is 5.75 Å². The zero-order valence-corrected chi connectivity index (χ0v) is 11.5. The molecule has 0 spiro atoms. The molecular weight excluding hydrogens is 280 g/mol. The third-order valence-electron chi connectivity index (χ3n) is 3.35. The summed E-state index contributed by atoms with van der Waals surface area (Å²) in [4.78, 5) is 4.26. The topological polar surface area (TPSA) is 93.3 Å². The molecule has 106 valence electrons. The van der Waals surface area contributed by atoms with Crippen molar-refractivity contribution in [2.45, 2.75) is 18.8 Å². The van der Waals surface area contributed by atoms with E-state index in [1.54, 1.807) is 18.2 Å². The molecule has 0 amide bonds. The molecule has 7 heteroatoms. The Kier molecular flexibility index (Phi) is 3.21. The van der Waals surface area contributed by atoms with Crippen LogP contribution in [-0.4, -0.2) is 35.2 Å². The van der Waals surface area contributed by atoms with Crippen LogP contribution in [0.25, 0.3) is 0 Å². The smallest absolute Gasteiger partial charge is 0.231 e. The van der Waals surface area contributed by atoms with Gasteiger partial charge >= 0.3 is 0 Å². The minimum atomic E-state index is -2.95. The number of hydrogen-bond donors (Lipinski definition) is 1. The summed E-state index contributed by atoms with van der Waals surface area (Å²) in [6, 6.07) is 6.81. The normalized spacial score (nSPS) is 21.1. The van der Waals surface area contributed by atoms with E-state index in [1.807, 2.05) is 6.07 Å². The van der Waals surface area contributed by atoms with Gasteiger partial charge in [-0.2, -0.15) is 4.98 Å². The predicted octanol–water partition coefficient (Wildman–Crippen LogP) is 1.27. The Labute approximate surface area is 116 Å². The molecule has 3 rings (SSSR count). The molecule has 1 aliphatic rings. The van der Waals surface area contributed by atoms with E-state index in [0.717, 1.165) is 5.56 Å². The maximum Gasteiger partial charge on any atom is 0.231 e. The van der Waals surface area contributed by atoms with Crippen molar-refractivity contribution in [3.05, 3.63) is 41.5 Å². The van der Waals surface area contributed by atoms with Crippen molar-refractivity contribution in [2.24, 2.45) is 0 Å². The van der Waals surface area contributed by atoms with Gasteiger partial charge in [-0.05, 0) is 24.1 Å². The minimum Gasteiger partial charge on any atom is -0.508 e. The number of aromatic nitrogens is 2. The highest BCUT2D eigenvalue weighted by Crippen LogP contribution is 2.27. The van der Waals surface area contributed by atoms with E-state index < -0.39 is 9.84 Å². The monoisotopic (exact) mass is 294 g/mol. The van der Waals surface area contributed by atoms with Crippen molar-refractivity contribution >= 4 is 9.84 Å². The van der Waals surface area contributed by atoms with Crippen LogP contribution in [0.2, 0.25) is 0 Å². The number of benzene rings is 1. The molecule has 1 aromatic heterocycles. The van der Waals surface area contributed by atoms with E-state index in [9.17, 15) is 13.5 Å². The van der Waals surface area contributed by atoms with Gasteiger partial charge in [0, 0.05) is 5.92 Å². The lowest BCUT2D eigenvalue weighted by atomic mass is 10.1. The van der Waals surface area contributed by atoms with Gasteiger partial charge in [-0.15, -0.1) is 0 Å². The molecule has 1 N–H and O–H groups in total. The molecule has 0 saturated carbocycles. The summed E-state index contributed by atoms with van der Waals surface area (Å²) in [7, 11) is -2.95. The quantitative estimate of drug-likeness (QED) is 0.916. The lowest BCUT2D eigenvalue weighted by Crippen LogP contribution is -2.05. The van der Waals surface area contributed by atoms with Gasteiger partial charge in [-0.3, -0.25) is 0 Å². The molecule has 0 bridgehead atoms. The Hall–Kier alpha value is -1.89. The van der Waals surface area contributed by atoms with Crippen molar-refractivity contribution in [1.29, 1.82) is 0 Å². The molecule has 1 aromatic carbocycles. The van der Waals surface area contributed by atoms with E-state index in [0.29, 0.717) is 24.6 Å². The summed E-state index contributed by atoms with van der Waals surface area (Å²) < 4.78 is 28.0. The largest absolute Gasteiger partial charge is 0.508 e. The molecule has 1 aliphatic heterocycles. The molecule has 1 fully saturated rings. The van der Waals surface area contributed by atoms with Crippen LogP contribution in [0.5, 0.6) is 5.75 Å². The van der Waals surface area contributed by atoms with Crippen LogP contribution in [0.3, 0.4) is 0 Å². The highest BCUT2D eigenvalue weighted by molar-refractivity contribution is 7.91. The summed E-state index contributed by atoms with van der Waals surface area (Å²) in [5.74, 6) is 1.19. The zero-order valence-electron chi connectivity index (χ0n) is 10.7. The van der Waals surface area contributed by atoms with E-state index in [-0.39, 0.29) is 23.2 Å². The SMILES string of the molecule is O=S1(=O)CCC(c2noc(Cc3cccc(O)c3)n2)C1. The molecule has 0 radical (unpaired) electrons. The predicted molar refractivity (Wildman–Crippen MR) is 71.2 cm³/mol. The van der Waals surface area contributed by atoms with Gasteiger partial charge in [0.15, 0.2) is 15.7 Å². The fourth-order valence-electron chi connectivity index (χ4n) is 2.35. The van der Waals surface area contributed by atoms with Gasteiger partial charge in [-0.1, -0.05) is 17.3 Å². The Morgan fingerprint density at radius 1 is 1.40 bits per heavy atom. The molecule has 6 nitrogen and oxygen atoms in total. The molecule has 2 aromatic rings. The highest BCUT2D eigenvalue weighted by atomic mass is 32.2. The molecule has 1 unspecified atom stereocenters. The van der Waals surface area contributed by atoms with Crippen molar-refractivity contribution in [3.63, 3.8) is 0 Å². The molecule has 1 atom stereocenters. The maximum absolute atomic E-state index is 11.4. The van der Waals surface area contributed by atoms with Crippen LogP contribution in [0, 0.1) is 0 Å². The van der Waals surface area contributed by atoms with Crippen LogP contribution in [-0.2, 0) is 16.3 Å². The van der Waals surface area contributed by atoms with Crippen molar-refractivity contribution in [3.8, 4) is 5.75 Å². The number of phenolic OH excluding ortho intramolecular Hbond substituents is 1. The number of nitrogens with zero attached hydrogens (tertiary/aromatic N) is 2. The average molecular weight is 294 g/mol. The second-order valence-electron chi connectivity index (χ2n) is 4.99. The zero-order chi connectivity index (χ0) is 14.2. The number of aromatic hydroxyl groups is 1. The lowest BCUT2D eigenvalue weighted by molar-refractivity contribution is 0.376. The van der Waals surface area contributed by atoms with E-state index in [2.05, 4.69) is 10.1 Å². The average Bonchev–Trinajstić information content (AvgIpc) is 2.96. The first-order valence-corrected chi connectivity index (χ1v) is 8.15. The number of hydrogen-bond acceptors (Lipinski definition) is 6. The Morgan fingerprint density at radius 2 is 2.25 bits per heavy atom. The first kappa shape index (κ1) is 13.1. The molecule has 20 heavy (non-hydrogen) atoms. The summed E-state index contributed by atoms with van der Waals surface area (Å²) in [5.41, 5.74) is 0.860. The maximum atomic E-state index is 11.4. The Bertz CT molecular complexity index is 723. The van der Waals surface area contributed by atoms with Crippen LogP contribution >= 0.6 is 0 Å². The van der Waals surface area contributed by atoms with Gasteiger partial charge < -0.3 is 9.63 Å². The Morgan fingerprint density at radius 3 is 2.95 bits per heavy atom. The first-order valence-electron chi connectivity index (χ1n) is 6.33. The van der Waals surface area contributed by atoms with Crippen LogP contribution in [0.1, 0.15) is 29.6 Å².